The first-order valence-corrected chi connectivity index (χ1v) is 10.3. The number of hydrogen-bond acceptors (Lipinski definition) is 2. The summed E-state index contributed by atoms with van der Waals surface area (Å²) in [7, 11) is 1.75. The first kappa shape index (κ1) is 22.4. The maximum Gasteiger partial charge on any atom is 0.0779 e. The zero-order valence-corrected chi connectivity index (χ0v) is 18.9. The van der Waals surface area contributed by atoms with Gasteiger partial charge in [-0.2, -0.15) is 0 Å². The van der Waals surface area contributed by atoms with Gasteiger partial charge in [-0.15, -0.1) is 6.58 Å². The van der Waals surface area contributed by atoms with Crippen LogP contribution in [-0.2, 0) is 10.2 Å². The minimum absolute atomic E-state index is 0.00232. The third kappa shape index (κ3) is 4.22. The van der Waals surface area contributed by atoms with Crippen LogP contribution in [0.2, 0.25) is 0 Å². The first-order valence-electron chi connectivity index (χ1n) is 10.3. The molecule has 0 saturated carbocycles. The number of hydrogen-bond donors (Lipinski definition) is 0. The van der Waals surface area contributed by atoms with Crippen molar-refractivity contribution in [2.75, 3.05) is 13.7 Å². The second-order valence-electron chi connectivity index (χ2n) is 8.96. The molecule has 0 bridgehead atoms. The number of nitrogens with zero attached hydrogens (tertiary/aromatic N) is 1. The van der Waals surface area contributed by atoms with E-state index in [0.717, 1.165) is 24.1 Å². The molecule has 0 fully saturated rings. The van der Waals surface area contributed by atoms with Crippen LogP contribution in [-0.4, -0.2) is 25.5 Å². The average molecular weight is 380 g/mol. The van der Waals surface area contributed by atoms with Crippen molar-refractivity contribution in [2.45, 2.75) is 65.8 Å². The van der Waals surface area contributed by atoms with Gasteiger partial charge in [0.1, 0.15) is 0 Å². The monoisotopic (exact) mass is 379 g/mol. The van der Waals surface area contributed by atoms with Crippen LogP contribution in [0.3, 0.4) is 0 Å². The predicted molar refractivity (Wildman–Crippen MR) is 123 cm³/mol. The van der Waals surface area contributed by atoms with Gasteiger partial charge >= 0.3 is 0 Å². The summed E-state index contributed by atoms with van der Waals surface area (Å²) in [5, 5.41) is 0. The van der Waals surface area contributed by atoms with Gasteiger partial charge < -0.3 is 4.74 Å². The van der Waals surface area contributed by atoms with Gasteiger partial charge in [0.05, 0.1) is 11.8 Å². The lowest BCUT2D eigenvalue weighted by atomic mass is 9.68. The number of ether oxygens (including phenoxy) is 1. The van der Waals surface area contributed by atoms with Crippen molar-refractivity contribution in [3.63, 3.8) is 0 Å². The Bertz CT molecular complexity index is 812. The summed E-state index contributed by atoms with van der Waals surface area (Å²) in [6.07, 6.45) is 6.18. The maximum atomic E-state index is 5.41. The summed E-state index contributed by atoms with van der Waals surface area (Å²) < 4.78 is 5.41. The highest BCUT2D eigenvalue weighted by molar-refractivity contribution is 6.16. The highest BCUT2D eigenvalue weighted by Gasteiger charge is 2.40. The molecule has 0 radical (unpaired) electrons. The molecular weight excluding hydrogens is 342 g/mol. The standard InChI is InChI=1S/C26H37NO/c1-10-23-26(8,14-15-28-9)22-13-12-18(3)16-21(22)24(27-23)19(4)17-20(5)25(6,7)11-2/h10,12-13,16-17,23H,1,4,11,14-15H2,2-3,5-9H3/b20-17+. The molecule has 0 aromatic heterocycles. The zero-order chi connectivity index (χ0) is 21.1. The quantitative estimate of drug-likeness (QED) is 0.369. The fourth-order valence-electron chi connectivity index (χ4n) is 3.83. The molecule has 1 aliphatic heterocycles. The Labute approximate surface area is 172 Å². The van der Waals surface area contributed by atoms with Crippen molar-refractivity contribution in [3.8, 4) is 0 Å². The van der Waals surface area contributed by atoms with Crippen LogP contribution in [0, 0.1) is 12.3 Å². The predicted octanol–water partition coefficient (Wildman–Crippen LogP) is 6.59. The van der Waals surface area contributed by atoms with E-state index in [1.54, 1.807) is 7.11 Å². The zero-order valence-electron chi connectivity index (χ0n) is 18.9. The lowest BCUT2D eigenvalue weighted by molar-refractivity contribution is 0.166. The Hall–Kier alpha value is -1.93. The summed E-state index contributed by atoms with van der Waals surface area (Å²) in [4.78, 5) is 5.15. The second kappa shape index (κ2) is 8.61. The third-order valence-corrected chi connectivity index (χ3v) is 6.66. The van der Waals surface area contributed by atoms with Gasteiger partial charge in [0, 0.05) is 24.7 Å². The molecular formula is C26H37NO. The van der Waals surface area contributed by atoms with Gasteiger partial charge in [0.15, 0.2) is 0 Å². The Morgan fingerprint density at radius 2 is 2.04 bits per heavy atom. The van der Waals surface area contributed by atoms with Gasteiger partial charge in [0.25, 0.3) is 0 Å². The van der Waals surface area contributed by atoms with E-state index in [-0.39, 0.29) is 16.9 Å². The Balaban J connectivity index is 2.60. The molecule has 0 amide bonds. The Morgan fingerprint density at radius 1 is 1.36 bits per heavy atom. The molecule has 0 saturated heterocycles. The fraction of sp³-hybridized carbons (Fsp3) is 0.500. The minimum atomic E-state index is -0.133. The van der Waals surface area contributed by atoms with Crippen molar-refractivity contribution in [1.82, 2.24) is 0 Å². The Kier molecular flexibility index (Phi) is 6.88. The van der Waals surface area contributed by atoms with E-state index in [1.165, 1.54) is 22.3 Å². The van der Waals surface area contributed by atoms with Crippen LogP contribution in [0.25, 0.3) is 0 Å². The minimum Gasteiger partial charge on any atom is -0.385 e. The number of aryl methyl sites for hydroxylation is 1. The van der Waals surface area contributed by atoms with E-state index < -0.39 is 0 Å². The summed E-state index contributed by atoms with van der Waals surface area (Å²) in [6.45, 7) is 22.6. The second-order valence-corrected chi connectivity index (χ2v) is 8.96. The molecule has 2 nitrogen and oxygen atoms in total. The summed E-state index contributed by atoms with van der Waals surface area (Å²) >= 11 is 0. The number of rotatable bonds is 8. The van der Waals surface area contributed by atoms with Crippen molar-refractivity contribution in [3.05, 3.63) is 71.3 Å². The number of aliphatic imine (C=N–C) groups is 1. The molecule has 1 aromatic carbocycles. The van der Waals surface area contributed by atoms with Crippen molar-refractivity contribution in [1.29, 1.82) is 0 Å². The van der Waals surface area contributed by atoms with E-state index >= 15 is 0 Å². The average Bonchev–Trinajstić information content (AvgIpc) is 2.66. The molecule has 0 N–H and O–H groups in total. The molecule has 152 valence electrons. The van der Waals surface area contributed by atoms with Gasteiger partial charge in [-0.3, -0.25) is 4.99 Å². The molecule has 1 heterocycles. The van der Waals surface area contributed by atoms with Crippen LogP contribution in [0.4, 0.5) is 0 Å². The smallest absolute Gasteiger partial charge is 0.0779 e. The topological polar surface area (TPSA) is 21.6 Å². The summed E-state index contributed by atoms with van der Waals surface area (Å²) in [5.41, 5.74) is 7.06. The lowest BCUT2D eigenvalue weighted by Gasteiger charge is -2.40. The third-order valence-electron chi connectivity index (χ3n) is 6.66. The summed E-state index contributed by atoms with van der Waals surface area (Å²) in [6, 6.07) is 6.69. The highest BCUT2D eigenvalue weighted by Crippen LogP contribution is 2.41. The van der Waals surface area contributed by atoms with Crippen molar-refractivity contribution >= 4 is 5.71 Å². The largest absolute Gasteiger partial charge is 0.385 e. The van der Waals surface area contributed by atoms with Crippen molar-refractivity contribution < 1.29 is 4.74 Å². The van der Waals surface area contributed by atoms with E-state index in [4.69, 9.17) is 9.73 Å². The molecule has 1 aliphatic rings. The molecule has 2 heteroatoms. The van der Waals surface area contributed by atoms with E-state index in [0.29, 0.717) is 6.61 Å². The summed E-state index contributed by atoms with van der Waals surface area (Å²) in [5.74, 6) is 0. The Morgan fingerprint density at radius 3 is 2.61 bits per heavy atom. The van der Waals surface area contributed by atoms with E-state index in [1.807, 2.05) is 6.08 Å². The number of methoxy groups -OCH3 is 1. The first-order chi connectivity index (χ1) is 13.1. The van der Waals surface area contributed by atoms with E-state index in [2.05, 4.69) is 79.0 Å². The molecule has 2 atom stereocenters. The van der Waals surface area contributed by atoms with Gasteiger partial charge in [-0.1, -0.05) is 69.7 Å². The highest BCUT2D eigenvalue weighted by atomic mass is 16.5. The lowest BCUT2D eigenvalue weighted by Crippen LogP contribution is -2.41. The van der Waals surface area contributed by atoms with Crippen LogP contribution in [0.15, 0.2) is 59.6 Å². The number of benzene rings is 1. The van der Waals surface area contributed by atoms with Gasteiger partial charge in [0.2, 0.25) is 0 Å². The molecule has 0 spiro atoms. The fourth-order valence-corrected chi connectivity index (χ4v) is 3.83. The number of fused-ring (bicyclic) bond motifs is 1. The SMILES string of the molecule is C=CC1N=C(C(=C)/C=C(\C)C(C)(C)CC)c2cc(C)ccc2C1(C)CCOC. The molecule has 1 aromatic rings. The van der Waals surface area contributed by atoms with Crippen molar-refractivity contribution in [2.24, 2.45) is 10.4 Å². The van der Waals surface area contributed by atoms with Crippen LogP contribution >= 0.6 is 0 Å². The molecule has 2 unspecified atom stereocenters. The van der Waals surface area contributed by atoms with Crippen LogP contribution in [0.1, 0.15) is 64.2 Å². The molecule has 2 rings (SSSR count). The van der Waals surface area contributed by atoms with Crippen LogP contribution < -0.4 is 0 Å². The van der Waals surface area contributed by atoms with E-state index in [9.17, 15) is 0 Å². The van der Waals surface area contributed by atoms with Gasteiger partial charge in [-0.25, -0.2) is 0 Å². The van der Waals surface area contributed by atoms with Gasteiger partial charge in [-0.05, 0) is 49.3 Å². The molecule has 0 aliphatic carbocycles. The normalized spacial score (nSPS) is 22.5. The van der Waals surface area contributed by atoms with Crippen LogP contribution in [0.5, 0.6) is 0 Å². The molecule has 28 heavy (non-hydrogen) atoms. The maximum absolute atomic E-state index is 5.41. The number of allylic oxidation sites excluding steroid dienone is 3.